The Morgan fingerprint density at radius 1 is 1.50 bits per heavy atom. The molecule has 0 heterocycles. The quantitative estimate of drug-likeness (QED) is 0.621. The molecule has 4 heteroatoms. The molecule has 1 aliphatic rings. The van der Waals surface area contributed by atoms with Gasteiger partial charge in [-0.1, -0.05) is 6.92 Å². The van der Waals surface area contributed by atoms with E-state index in [1.165, 1.54) is 26.4 Å². The van der Waals surface area contributed by atoms with Crippen LogP contribution in [-0.2, 0) is 4.74 Å². The predicted molar refractivity (Wildman–Crippen MR) is 72.6 cm³/mol. The zero-order valence-corrected chi connectivity index (χ0v) is 11.0. The number of nitrogens with two attached hydrogens (primary N) is 1. The van der Waals surface area contributed by atoms with Crippen molar-refractivity contribution in [2.45, 2.75) is 26.2 Å². The maximum atomic E-state index is 11.5. The number of benzene rings is 1. The second-order valence-corrected chi connectivity index (χ2v) is 5.00. The smallest absolute Gasteiger partial charge is 0.340 e. The lowest BCUT2D eigenvalue weighted by atomic mass is 10.0. The molecule has 18 heavy (non-hydrogen) atoms. The summed E-state index contributed by atoms with van der Waals surface area (Å²) in [6, 6.07) is 5.39. The number of rotatable bonds is 5. The van der Waals surface area contributed by atoms with Gasteiger partial charge in [-0.2, -0.15) is 0 Å². The minimum Gasteiger partial charge on any atom is -0.465 e. The van der Waals surface area contributed by atoms with E-state index in [1.54, 1.807) is 12.1 Å². The lowest BCUT2D eigenvalue weighted by molar-refractivity contribution is 0.0602. The van der Waals surface area contributed by atoms with Crippen molar-refractivity contribution < 1.29 is 9.53 Å². The van der Waals surface area contributed by atoms with Crippen LogP contribution in [0.3, 0.4) is 0 Å². The van der Waals surface area contributed by atoms with Gasteiger partial charge in [0.2, 0.25) is 0 Å². The van der Waals surface area contributed by atoms with E-state index in [0.29, 0.717) is 16.7 Å². The van der Waals surface area contributed by atoms with Crippen molar-refractivity contribution in [2.75, 3.05) is 24.7 Å². The Morgan fingerprint density at radius 3 is 2.78 bits per heavy atom. The third kappa shape index (κ3) is 2.58. The van der Waals surface area contributed by atoms with Gasteiger partial charge in [-0.05, 0) is 42.9 Å². The summed E-state index contributed by atoms with van der Waals surface area (Å²) in [6.45, 7) is 3.17. The van der Waals surface area contributed by atoms with Crippen LogP contribution < -0.4 is 11.1 Å². The first-order valence-electron chi connectivity index (χ1n) is 6.32. The molecule has 1 aliphatic carbocycles. The Kier molecular flexibility index (Phi) is 3.45. The first-order valence-corrected chi connectivity index (χ1v) is 6.32. The first kappa shape index (κ1) is 12.7. The van der Waals surface area contributed by atoms with Crippen LogP contribution >= 0.6 is 0 Å². The SMILES string of the molecule is CCC1(CNc2ccc(N)c(C(=O)OC)c2)CC1. The molecule has 0 saturated heterocycles. The Labute approximate surface area is 108 Å². The van der Waals surface area contributed by atoms with Crippen LogP contribution in [0.25, 0.3) is 0 Å². The zero-order valence-electron chi connectivity index (χ0n) is 11.0. The second kappa shape index (κ2) is 4.88. The molecule has 2 rings (SSSR count). The normalized spacial score (nSPS) is 16.1. The molecule has 0 unspecified atom stereocenters. The van der Waals surface area contributed by atoms with Crippen LogP contribution in [0.4, 0.5) is 11.4 Å². The highest BCUT2D eigenvalue weighted by Crippen LogP contribution is 2.48. The van der Waals surface area contributed by atoms with E-state index >= 15 is 0 Å². The van der Waals surface area contributed by atoms with Crippen molar-refractivity contribution in [3.63, 3.8) is 0 Å². The molecule has 98 valence electrons. The summed E-state index contributed by atoms with van der Waals surface area (Å²) >= 11 is 0. The topological polar surface area (TPSA) is 64.3 Å². The van der Waals surface area contributed by atoms with E-state index < -0.39 is 5.97 Å². The van der Waals surface area contributed by atoms with Gasteiger partial charge in [0.05, 0.1) is 12.7 Å². The number of anilines is 2. The van der Waals surface area contributed by atoms with Gasteiger partial charge in [-0.15, -0.1) is 0 Å². The molecule has 3 N–H and O–H groups in total. The molecule has 0 spiro atoms. The number of carbonyl (C=O) groups is 1. The standard InChI is InChI=1S/C14H20N2O2/c1-3-14(6-7-14)9-16-10-4-5-12(15)11(8-10)13(17)18-2/h4-5,8,16H,3,6-7,9,15H2,1-2H3. The lowest BCUT2D eigenvalue weighted by Crippen LogP contribution is -2.15. The summed E-state index contributed by atoms with van der Waals surface area (Å²) < 4.78 is 4.70. The highest BCUT2D eigenvalue weighted by molar-refractivity contribution is 5.96. The molecule has 1 saturated carbocycles. The van der Waals surface area contributed by atoms with E-state index in [1.807, 2.05) is 6.07 Å². The third-order valence-electron chi connectivity index (χ3n) is 3.83. The van der Waals surface area contributed by atoms with Gasteiger partial charge in [0.25, 0.3) is 0 Å². The molecule has 0 bridgehead atoms. The highest BCUT2D eigenvalue weighted by Gasteiger charge is 2.40. The fourth-order valence-electron chi connectivity index (χ4n) is 2.07. The second-order valence-electron chi connectivity index (χ2n) is 5.00. The van der Waals surface area contributed by atoms with Crippen LogP contribution in [0.15, 0.2) is 18.2 Å². The number of hydrogen-bond acceptors (Lipinski definition) is 4. The lowest BCUT2D eigenvalue weighted by Gasteiger charge is -2.15. The molecular formula is C14H20N2O2. The summed E-state index contributed by atoms with van der Waals surface area (Å²) in [5, 5.41) is 3.38. The fraction of sp³-hybridized carbons (Fsp3) is 0.500. The van der Waals surface area contributed by atoms with Gasteiger partial charge in [-0.25, -0.2) is 4.79 Å². The minimum absolute atomic E-state index is 0.396. The van der Waals surface area contributed by atoms with E-state index in [0.717, 1.165) is 12.2 Å². The molecule has 1 aromatic rings. The molecular weight excluding hydrogens is 228 g/mol. The Hall–Kier alpha value is -1.71. The number of methoxy groups -OCH3 is 1. The van der Waals surface area contributed by atoms with Crippen LogP contribution in [0, 0.1) is 5.41 Å². The summed E-state index contributed by atoms with van der Waals surface area (Å²) in [7, 11) is 1.36. The van der Waals surface area contributed by atoms with E-state index in [9.17, 15) is 4.79 Å². The summed E-state index contributed by atoms with van der Waals surface area (Å²) in [6.07, 6.45) is 3.77. The monoisotopic (exact) mass is 248 g/mol. The maximum absolute atomic E-state index is 11.5. The van der Waals surface area contributed by atoms with E-state index in [2.05, 4.69) is 12.2 Å². The molecule has 0 atom stereocenters. The van der Waals surface area contributed by atoms with Gasteiger partial charge in [0, 0.05) is 17.9 Å². The van der Waals surface area contributed by atoms with Crippen LogP contribution in [0.2, 0.25) is 0 Å². The number of carbonyl (C=O) groups excluding carboxylic acids is 1. The van der Waals surface area contributed by atoms with E-state index in [-0.39, 0.29) is 0 Å². The Balaban J connectivity index is 2.07. The van der Waals surface area contributed by atoms with Gasteiger partial charge in [0.15, 0.2) is 0 Å². The number of esters is 1. The molecule has 0 aliphatic heterocycles. The number of ether oxygens (including phenoxy) is 1. The van der Waals surface area contributed by atoms with Gasteiger partial charge in [0.1, 0.15) is 0 Å². The molecule has 0 radical (unpaired) electrons. The number of nitrogens with one attached hydrogen (secondary N) is 1. The molecule has 0 aromatic heterocycles. The van der Waals surface area contributed by atoms with Crippen LogP contribution in [0.1, 0.15) is 36.5 Å². The van der Waals surface area contributed by atoms with Gasteiger partial charge < -0.3 is 15.8 Å². The molecule has 1 aromatic carbocycles. The van der Waals surface area contributed by atoms with Crippen LogP contribution in [0.5, 0.6) is 0 Å². The summed E-state index contributed by atoms with van der Waals surface area (Å²) in [5.74, 6) is -0.396. The first-order chi connectivity index (χ1) is 8.60. The van der Waals surface area contributed by atoms with Crippen molar-refractivity contribution in [3.05, 3.63) is 23.8 Å². The molecule has 1 fully saturated rings. The van der Waals surface area contributed by atoms with Crippen molar-refractivity contribution in [1.29, 1.82) is 0 Å². The zero-order chi connectivity index (χ0) is 13.2. The maximum Gasteiger partial charge on any atom is 0.340 e. The highest BCUT2D eigenvalue weighted by atomic mass is 16.5. The van der Waals surface area contributed by atoms with Crippen molar-refractivity contribution in [3.8, 4) is 0 Å². The largest absolute Gasteiger partial charge is 0.465 e. The average molecular weight is 248 g/mol. The summed E-state index contributed by atoms with van der Waals surface area (Å²) in [4.78, 5) is 11.5. The van der Waals surface area contributed by atoms with Gasteiger partial charge in [-0.3, -0.25) is 0 Å². The Bertz CT molecular complexity index is 453. The van der Waals surface area contributed by atoms with Crippen LogP contribution in [-0.4, -0.2) is 19.6 Å². The molecule has 0 amide bonds. The third-order valence-corrected chi connectivity index (χ3v) is 3.83. The average Bonchev–Trinajstić information content (AvgIpc) is 3.17. The van der Waals surface area contributed by atoms with E-state index in [4.69, 9.17) is 10.5 Å². The van der Waals surface area contributed by atoms with Crippen molar-refractivity contribution in [2.24, 2.45) is 5.41 Å². The van der Waals surface area contributed by atoms with Gasteiger partial charge >= 0.3 is 5.97 Å². The predicted octanol–water partition coefficient (Wildman–Crippen LogP) is 2.66. The number of hydrogen-bond donors (Lipinski definition) is 2. The van der Waals surface area contributed by atoms with Crippen molar-refractivity contribution >= 4 is 17.3 Å². The number of nitrogen functional groups attached to an aromatic ring is 1. The van der Waals surface area contributed by atoms with Crippen molar-refractivity contribution in [1.82, 2.24) is 0 Å². The molecule has 4 nitrogen and oxygen atoms in total. The minimum atomic E-state index is -0.396. The fourth-order valence-corrected chi connectivity index (χ4v) is 2.07. The summed E-state index contributed by atoms with van der Waals surface area (Å²) in [5.41, 5.74) is 8.01. The Morgan fingerprint density at radius 2 is 2.22 bits per heavy atom.